The van der Waals surface area contributed by atoms with Gasteiger partial charge in [-0.2, -0.15) is 0 Å². The van der Waals surface area contributed by atoms with Crippen molar-refractivity contribution >= 4 is 15.9 Å². The molecule has 2 nitrogen and oxygen atoms in total. The summed E-state index contributed by atoms with van der Waals surface area (Å²) in [6, 6.07) is 9.78. The summed E-state index contributed by atoms with van der Waals surface area (Å²) in [4.78, 5) is 0. The van der Waals surface area contributed by atoms with Crippen molar-refractivity contribution in [3.8, 4) is 0 Å². The number of furan rings is 1. The lowest BCUT2D eigenvalue weighted by Crippen LogP contribution is -2.11. The molecule has 0 radical (unpaired) electrons. The van der Waals surface area contributed by atoms with E-state index in [1.165, 1.54) is 5.56 Å². The van der Waals surface area contributed by atoms with E-state index in [9.17, 15) is 0 Å². The maximum Gasteiger partial charge on any atom is 0.139 e. The zero-order valence-corrected chi connectivity index (χ0v) is 9.99. The molecule has 1 unspecified atom stereocenters. The van der Waals surface area contributed by atoms with E-state index in [0.29, 0.717) is 0 Å². The van der Waals surface area contributed by atoms with Crippen LogP contribution in [0.1, 0.15) is 22.9 Å². The van der Waals surface area contributed by atoms with Crippen LogP contribution in [-0.4, -0.2) is 0 Å². The molecule has 1 heterocycles. The predicted molar refractivity (Wildman–Crippen MR) is 63.6 cm³/mol. The Hall–Kier alpha value is -1.06. The van der Waals surface area contributed by atoms with Crippen molar-refractivity contribution in [3.05, 3.63) is 58.0 Å². The molecule has 2 aromatic rings. The lowest BCUT2D eigenvalue weighted by atomic mass is 10.0. The highest BCUT2D eigenvalue weighted by atomic mass is 79.9. The van der Waals surface area contributed by atoms with Gasteiger partial charge in [0.1, 0.15) is 5.76 Å². The van der Waals surface area contributed by atoms with Crippen molar-refractivity contribution in [3.63, 3.8) is 0 Å². The molecule has 1 aromatic carbocycles. The zero-order chi connectivity index (χ0) is 10.8. The van der Waals surface area contributed by atoms with Gasteiger partial charge in [0.25, 0.3) is 0 Å². The Bertz CT molecular complexity index is 447. The number of rotatable bonds is 2. The average molecular weight is 266 g/mol. The topological polar surface area (TPSA) is 39.2 Å². The van der Waals surface area contributed by atoms with E-state index in [2.05, 4.69) is 22.9 Å². The van der Waals surface area contributed by atoms with Gasteiger partial charge < -0.3 is 10.2 Å². The first kappa shape index (κ1) is 10.5. The fourth-order valence-corrected chi connectivity index (χ4v) is 1.90. The third-order valence-electron chi connectivity index (χ3n) is 2.36. The first-order valence-electron chi connectivity index (χ1n) is 4.73. The summed E-state index contributed by atoms with van der Waals surface area (Å²) in [6.07, 6.45) is 1.63. The molecule has 2 rings (SSSR count). The monoisotopic (exact) mass is 265 g/mol. The van der Waals surface area contributed by atoms with Gasteiger partial charge in [0.15, 0.2) is 0 Å². The largest absolute Gasteiger partial charge is 0.466 e. The first-order valence-corrected chi connectivity index (χ1v) is 5.53. The minimum absolute atomic E-state index is 0.213. The number of hydrogen-bond acceptors (Lipinski definition) is 2. The van der Waals surface area contributed by atoms with Gasteiger partial charge in [-0.15, -0.1) is 0 Å². The Labute approximate surface area is 97.2 Å². The van der Waals surface area contributed by atoms with Crippen LogP contribution in [-0.2, 0) is 0 Å². The molecular weight excluding hydrogens is 254 g/mol. The first-order chi connectivity index (χ1) is 7.18. The van der Waals surface area contributed by atoms with Crippen LogP contribution < -0.4 is 5.73 Å². The highest BCUT2D eigenvalue weighted by Gasteiger charge is 2.14. The van der Waals surface area contributed by atoms with E-state index >= 15 is 0 Å². The molecule has 3 heteroatoms. The van der Waals surface area contributed by atoms with Crippen LogP contribution in [0.5, 0.6) is 0 Å². The maximum atomic E-state index is 6.09. The van der Waals surface area contributed by atoms with Crippen LogP contribution in [0.4, 0.5) is 0 Å². The van der Waals surface area contributed by atoms with Crippen molar-refractivity contribution in [2.45, 2.75) is 13.0 Å². The van der Waals surface area contributed by atoms with Crippen molar-refractivity contribution in [1.82, 2.24) is 0 Å². The summed E-state index contributed by atoms with van der Waals surface area (Å²) in [6.45, 7) is 2.05. The molecule has 78 valence electrons. The number of benzene rings is 1. The lowest BCUT2D eigenvalue weighted by molar-refractivity contribution is 0.487. The van der Waals surface area contributed by atoms with Crippen LogP contribution in [0.15, 0.2) is 45.5 Å². The van der Waals surface area contributed by atoms with Crippen molar-refractivity contribution in [2.24, 2.45) is 5.73 Å². The third kappa shape index (κ3) is 2.13. The van der Waals surface area contributed by atoms with Crippen LogP contribution in [0.25, 0.3) is 0 Å². The molecule has 0 amide bonds. The van der Waals surface area contributed by atoms with Gasteiger partial charge in [0, 0.05) is 0 Å². The van der Waals surface area contributed by atoms with Gasteiger partial charge in [-0.3, -0.25) is 0 Å². The summed E-state index contributed by atoms with van der Waals surface area (Å²) in [7, 11) is 0. The summed E-state index contributed by atoms with van der Waals surface area (Å²) in [5.74, 6) is 0.763. The number of nitrogens with two attached hydrogens (primary N) is 1. The minimum atomic E-state index is -0.213. The van der Waals surface area contributed by atoms with Crippen LogP contribution >= 0.6 is 15.9 Å². The molecule has 1 atom stereocenters. The summed E-state index contributed by atoms with van der Waals surface area (Å²) in [5.41, 5.74) is 8.37. The molecule has 0 fully saturated rings. The molecular formula is C12H12BrNO. The third-order valence-corrected chi connectivity index (χ3v) is 3.02. The number of hydrogen-bond donors (Lipinski definition) is 1. The van der Waals surface area contributed by atoms with Gasteiger partial charge in [-0.25, -0.2) is 0 Å². The second-order valence-electron chi connectivity index (χ2n) is 3.52. The molecule has 0 aliphatic carbocycles. The summed E-state index contributed by atoms with van der Waals surface area (Å²) in [5, 5.41) is 0. The van der Waals surface area contributed by atoms with Crippen molar-refractivity contribution in [1.29, 1.82) is 0 Å². The normalized spacial score (nSPS) is 12.7. The minimum Gasteiger partial charge on any atom is -0.466 e. The van der Waals surface area contributed by atoms with Gasteiger partial charge in [-0.1, -0.05) is 29.8 Å². The van der Waals surface area contributed by atoms with Crippen LogP contribution in [0.3, 0.4) is 0 Å². The summed E-state index contributed by atoms with van der Waals surface area (Å²) >= 11 is 3.40. The standard InChI is InChI=1S/C12H12BrNO/c1-8-2-4-9(5-3-8)11(14)12-10(13)6-7-15-12/h2-7,11H,14H2,1H3. The molecule has 1 aromatic heterocycles. The Morgan fingerprint density at radius 3 is 2.40 bits per heavy atom. The molecule has 0 aliphatic rings. The van der Waals surface area contributed by atoms with Gasteiger partial charge in [0.2, 0.25) is 0 Å². The highest BCUT2D eigenvalue weighted by molar-refractivity contribution is 9.10. The van der Waals surface area contributed by atoms with Gasteiger partial charge in [0.05, 0.1) is 16.8 Å². The SMILES string of the molecule is Cc1ccc(C(N)c2occc2Br)cc1. The van der Waals surface area contributed by atoms with Gasteiger partial charge in [-0.05, 0) is 34.5 Å². The average Bonchev–Trinajstić information content (AvgIpc) is 2.65. The van der Waals surface area contributed by atoms with Crippen molar-refractivity contribution in [2.75, 3.05) is 0 Å². The second kappa shape index (κ2) is 4.21. The van der Waals surface area contributed by atoms with E-state index in [-0.39, 0.29) is 6.04 Å². The highest BCUT2D eigenvalue weighted by Crippen LogP contribution is 2.27. The molecule has 0 aliphatic heterocycles. The zero-order valence-electron chi connectivity index (χ0n) is 8.41. The molecule has 0 bridgehead atoms. The molecule has 0 saturated carbocycles. The molecule has 0 spiro atoms. The smallest absolute Gasteiger partial charge is 0.139 e. The van der Waals surface area contributed by atoms with E-state index in [1.54, 1.807) is 6.26 Å². The lowest BCUT2D eigenvalue weighted by Gasteiger charge is -2.10. The van der Waals surface area contributed by atoms with Crippen molar-refractivity contribution < 1.29 is 4.42 Å². The molecule has 0 saturated heterocycles. The maximum absolute atomic E-state index is 6.09. The number of aryl methyl sites for hydroxylation is 1. The summed E-state index contributed by atoms with van der Waals surface area (Å²) < 4.78 is 6.25. The Balaban J connectivity index is 2.32. The fourth-order valence-electron chi connectivity index (χ4n) is 1.45. The molecule has 15 heavy (non-hydrogen) atoms. The van der Waals surface area contributed by atoms with E-state index in [1.807, 2.05) is 30.3 Å². The van der Waals surface area contributed by atoms with Gasteiger partial charge >= 0.3 is 0 Å². The Morgan fingerprint density at radius 2 is 1.87 bits per heavy atom. The predicted octanol–water partition coefficient (Wildman–Crippen LogP) is 3.40. The fraction of sp³-hybridized carbons (Fsp3) is 0.167. The van der Waals surface area contributed by atoms with Crippen LogP contribution in [0.2, 0.25) is 0 Å². The molecule has 2 N–H and O–H groups in total. The quantitative estimate of drug-likeness (QED) is 0.904. The Morgan fingerprint density at radius 1 is 1.20 bits per heavy atom. The van der Waals surface area contributed by atoms with E-state index in [0.717, 1.165) is 15.8 Å². The number of halogens is 1. The second-order valence-corrected chi connectivity index (χ2v) is 4.38. The van der Waals surface area contributed by atoms with E-state index in [4.69, 9.17) is 10.2 Å². The Kier molecular flexibility index (Phi) is 2.93. The van der Waals surface area contributed by atoms with Crippen LogP contribution in [0, 0.1) is 6.92 Å². The van der Waals surface area contributed by atoms with E-state index < -0.39 is 0 Å².